The molecular formula is C21H16ClF3N2O. The third-order valence-electron chi connectivity index (χ3n) is 3.99. The van der Waals surface area contributed by atoms with E-state index in [4.69, 9.17) is 11.6 Å². The fourth-order valence-corrected chi connectivity index (χ4v) is 2.88. The van der Waals surface area contributed by atoms with Crippen LogP contribution in [0.4, 0.5) is 29.3 Å². The van der Waals surface area contributed by atoms with Gasteiger partial charge in [-0.3, -0.25) is 0 Å². The lowest BCUT2D eigenvalue weighted by Gasteiger charge is -2.12. The molecule has 3 rings (SSSR count). The van der Waals surface area contributed by atoms with E-state index < -0.39 is 22.8 Å². The summed E-state index contributed by atoms with van der Waals surface area (Å²) in [6.07, 6.45) is -3.84. The van der Waals surface area contributed by atoms with Crippen LogP contribution in [0.3, 0.4) is 0 Å². The van der Waals surface area contributed by atoms with Gasteiger partial charge in [0, 0.05) is 11.4 Å². The Kier molecular flexibility index (Phi) is 5.90. The first-order chi connectivity index (χ1) is 13.3. The van der Waals surface area contributed by atoms with Gasteiger partial charge in [0.05, 0.1) is 10.6 Å². The number of anilines is 2. The average molecular weight is 405 g/mol. The maximum absolute atomic E-state index is 12.9. The van der Waals surface area contributed by atoms with E-state index in [1.165, 1.54) is 11.6 Å². The fraction of sp³-hybridized carbons (Fsp3) is 0.0952. The number of carbonyl (C=O) groups is 1. The highest BCUT2D eigenvalue weighted by Crippen LogP contribution is 2.36. The number of hydrogen-bond donors (Lipinski definition) is 2. The fourth-order valence-electron chi connectivity index (χ4n) is 2.65. The molecule has 2 N–H and O–H groups in total. The van der Waals surface area contributed by atoms with Gasteiger partial charge in [-0.1, -0.05) is 54.1 Å². The van der Waals surface area contributed by atoms with Gasteiger partial charge in [-0.05, 0) is 47.9 Å². The molecule has 3 nitrogen and oxygen atoms in total. The first kappa shape index (κ1) is 19.8. The van der Waals surface area contributed by atoms with Crippen molar-refractivity contribution in [2.75, 3.05) is 10.6 Å². The molecule has 0 aromatic heterocycles. The number of amides is 2. The van der Waals surface area contributed by atoms with Gasteiger partial charge < -0.3 is 10.6 Å². The van der Waals surface area contributed by atoms with Gasteiger partial charge in [-0.2, -0.15) is 13.2 Å². The summed E-state index contributed by atoms with van der Waals surface area (Å²) < 4.78 is 38.7. The molecule has 0 spiro atoms. The van der Waals surface area contributed by atoms with Crippen LogP contribution in [-0.4, -0.2) is 6.03 Å². The predicted octanol–water partition coefficient (Wildman–Crippen LogP) is 6.59. The topological polar surface area (TPSA) is 41.1 Å². The summed E-state index contributed by atoms with van der Waals surface area (Å²) >= 11 is 5.57. The second kappa shape index (κ2) is 8.35. The van der Waals surface area contributed by atoms with Gasteiger partial charge in [-0.25, -0.2) is 4.79 Å². The van der Waals surface area contributed by atoms with Crippen LogP contribution in [0.5, 0.6) is 0 Å². The minimum atomic E-state index is -4.60. The largest absolute Gasteiger partial charge is 0.417 e. The molecule has 0 unspecified atom stereocenters. The Bertz CT molecular complexity index is 958. The Morgan fingerprint density at radius 1 is 0.821 bits per heavy atom. The third kappa shape index (κ3) is 5.27. The van der Waals surface area contributed by atoms with Crippen LogP contribution in [0, 0.1) is 0 Å². The van der Waals surface area contributed by atoms with Gasteiger partial charge >= 0.3 is 12.2 Å². The van der Waals surface area contributed by atoms with E-state index in [0.717, 1.165) is 24.1 Å². The van der Waals surface area contributed by atoms with E-state index >= 15 is 0 Å². The van der Waals surface area contributed by atoms with Crippen LogP contribution in [0.15, 0.2) is 72.8 Å². The quantitative estimate of drug-likeness (QED) is 0.505. The van der Waals surface area contributed by atoms with Crippen molar-refractivity contribution in [3.63, 3.8) is 0 Å². The monoisotopic (exact) mass is 404 g/mol. The lowest BCUT2D eigenvalue weighted by molar-refractivity contribution is -0.137. The van der Waals surface area contributed by atoms with Gasteiger partial charge in [0.1, 0.15) is 0 Å². The summed E-state index contributed by atoms with van der Waals surface area (Å²) in [4.78, 5) is 12.1. The van der Waals surface area contributed by atoms with Crippen molar-refractivity contribution in [2.24, 2.45) is 0 Å². The van der Waals surface area contributed by atoms with Crippen molar-refractivity contribution in [1.29, 1.82) is 0 Å². The molecule has 28 heavy (non-hydrogen) atoms. The summed E-state index contributed by atoms with van der Waals surface area (Å²) in [5.41, 5.74) is 1.76. The molecule has 2 amide bonds. The van der Waals surface area contributed by atoms with Crippen LogP contribution in [0.25, 0.3) is 0 Å². The van der Waals surface area contributed by atoms with Crippen LogP contribution < -0.4 is 10.6 Å². The van der Waals surface area contributed by atoms with Crippen molar-refractivity contribution in [1.82, 2.24) is 0 Å². The Labute approximate surface area is 165 Å². The van der Waals surface area contributed by atoms with Crippen molar-refractivity contribution in [3.05, 3.63) is 94.5 Å². The molecule has 0 heterocycles. The number of benzene rings is 3. The van der Waals surface area contributed by atoms with Crippen LogP contribution in [0.1, 0.15) is 16.7 Å². The molecule has 0 bridgehead atoms. The van der Waals surface area contributed by atoms with E-state index in [2.05, 4.69) is 10.6 Å². The number of hydrogen-bond acceptors (Lipinski definition) is 1. The maximum Gasteiger partial charge on any atom is 0.417 e. The Balaban J connectivity index is 1.62. The summed E-state index contributed by atoms with van der Waals surface area (Å²) in [5, 5.41) is 4.54. The first-order valence-corrected chi connectivity index (χ1v) is 8.77. The highest BCUT2D eigenvalue weighted by Gasteiger charge is 2.33. The molecule has 0 saturated carbocycles. The van der Waals surface area contributed by atoms with E-state index in [-0.39, 0.29) is 5.69 Å². The smallest absolute Gasteiger partial charge is 0.308 e. The Morgan fingerprint density at radius 3 is 2.04 bits per heavy atom. The molecule has 0 atom stereocenters. The van der Waals surface area contributed by atoms with Crippen LogP contribution >= 0.6 is 11.6 Å². The lowest BCUT2D eigenvalue weighted by Crippen LogP contribution is -2.20. The number of urea groups is 1. The molecule has 0 aliphatic heterocycles. The summed E-state index contributed by atoms with van der Waals surface area (Å²) in [7, 11) is 0. The molecule has 0 aliphatic carbocycles. The molecule has 0 radical (unpaired) electrons. The molecule has 3 aromatic carbocycles. The number of carbonyl (C=O) groups excluding carboxylic acids is 1. The van der Waals surface area contributed by atoms with Crippen molar-refractivity contribution in [2.45, 2.75) is 12.6 Å². The Morgan fingerprint density at radius 2 is 1.39 bits per heavy atom. The number of rotatable bonds is 4. The maximum atomic E-state index is 12.9. The van der Waals surface area contributed by atoms with Crippen LogP contribution in [0.2, 0.25) is 5.02 Å². The molecule has 0 saturated heterocycles. The highest BCUT2D eigenvalue weighted by atomic mass is 35.5. The van der Waals surface area contributed by atoms with E-state index in [1.807, 2.05) is 42.5 Å². The lowest BCUT2D eigenvalue weighted by atomic mass is 10.0. The third-order valence-corrected chi connectivity index (χ3v) is 4.32. The molecule has 0 aliphatic rings. The molecule has 7 heteroatoms. The predicted molar refractivity (Wildman–Crippen MR) is 105 cm³/mol. The zero-order valence-corrected chi connectivity index (χ0v) is 15.3. The second-order valence-corrected chi connectivity index (χ2v) is 6.54. The van der Waals surface area contributed by atoms with Crippen molar-refractivity contribution in [3.8, 4) is 0 Å². The zero-order chi connectivity index (χ0) is 20.1. The van der Waals surface area contributed by atoms with E-state index in [0.29, 0.717) is 5.69 Å². The molecule has 144 valence electrons. The minimum absolute atomic E-state index is 0.00470. The molecule has 0 fully saturated rings. The van der Waals surface area contributed by atoms with Gasteiger partial charge in [0.15, 0.2) is 0 Å². The number of nitrogens with one attached hydrogen (secondary N) is 2. The highest BCUT2D eigenvalue weighted by molar-refractivity contribution is 6.31. The van der Waals surface area contributed by atoms with Gasteiger partial charge in [-0.15, -0.1) is 0 Å². The van der Waals surface area contributed by atoms with Crippen LogP contribution in [-0.2, 0) is 12.6 Å². The molecule has 3 aromatic rings. The average Bonchev–Trinajstić information content (AvgIpc) is 2.65. The van der Waals surface area contributed by atoms with Gasteiger partial charge in [0.25, 0.3) is 0 Å². The molecular weight excluding hydrogens is 389 g/mol. The summed E-state index contributed by atoms with van der Waals surface area (Å²) in [6.45, 7) is 0. The second-order valence-electron chi connectivity index (χ2n) is 6.13. The minimum Gasteiger partial charge on any atom is -0.308 e. The number of alkyl halides is 3. The zero-order valence-electron chi connectivity index (χ0n) is 14.6. The Hall–Kier alpha value is -2.99. The summed E-state index contributed by atoms with van der Waals surface area (Å²) in [6, 6.07) is 19.7. The first-order valence-electron chi connectivity index (χ1n) is 8.39. The van der Waals surface area contributed by atoms with E-state index in [1.54, 1.807) is 12.1 Å². The standard InChI is InChI=1S/C21H16ClF3N2O/c22-19-11-10-17(13-18(19)21(23,24)25)27-20(28)26-16-8-6-15(7-9-16)12-14-4-2-1-3-5-14/h1-11,13H,12H2,(H2,26,27,28). The van der Waals surface area contributed by atoms with E-state index in [9.17, 15) is 18.0 Å². The van der Waals surface area contributed by atoms with Gasteiger partial charge in [0.2, 0.25) is 0 Å². The summed E-state index contributed by atoms with van der Waals surface area (Å²) in [5.74, 6) is 0. The SMILES string of the molecule is O=C(Nc1ccc(Cc2ccccc2)cc1)Nc1ccc(Cl)c(C(F)(F)F)c1. The normalized spacial score (nSPS) is 11.1. The van der Waals surface area contributed by atoms with Crippen molar-refractivity contribution < 1.29 is 18.0 Å². The van der Waals surface area contributed by atoms with Crippen molar-refractivity contribution >= 4 is 29.0 Å². The number of halogens is 4.